The molecule has 0 aliphatic rings. The van der Waals surface area contributed by atoms with Crippen molar-refractivity contribution in [3.63, 3.8) is 0 Å². The molecule has 1 nitrogen and oxygen atoms in total. The van der Waals surface area contributed by atoms with Gasteiger partial charge in [-0.2, -0.15) is 13.2 Å². The fourth-order valence-electron chi connectivity index (χ4n) is 3.84. The van der Waals surface area contributed by atoms with Gasteiger partial charge in [0.05, 0.1) is 11.1 Å². The molecule has 0 radical (unpaired) electrons. The first-order valence-corrected chi connectivity index (χ1v) is 9.34. The van der Waals surface area contributed by atoms with Gasteiger partial charge in [-0.15, -0.1) is 0 Å². The van der Waals surface area contributed by atoms with Crippen LogP contribution in [-0.4, -0.2) is 0 Å². The van der Waals surface area contributed by atoms with E-state index in [9.17, 15) is 13.2 Å². The molecule has 2 aromatic carbocycles. The number of nitrogens with one attached hydrogen (secondary N) is 1. The van der Waals surface area contributed by atoms with E-state index in [-0.39, 0.29) is 5.92 Å². The van der Waals surface area contributed by atoms with E-state index in [1.807, 2.05) is 32.9 Å². The van der Waals surface area contributed by atoms with Gasteiger partial charge in [-0.3, -0.25) is 0 Å². The summed E-state index contributed by atoms with van der Waals surface area (Å²) in [6.07, 6.45) is -3.46. The molecule has 2 aromatic rings. The summed E-state index contributed by atoms with van der Waals surface area (Å²) in [5, 5.41) is 3.47. The lowest BCUT2D eigenvalue weighted by Gasteiger charge is -2.41. The van der Waals surface area contributed by atoms with Crippen molar-refractivity contribution >= 4 is 0 Å². The number of allylic oxidation sites excluding steroid dienone is 1. The molecule has 0 aromatic heterocycles. The molecule has 0 amide bonds. The topological polar surface area (TPSA) is 12.0 Å². The fraction of sp³-hybridized carbons (Fsp3) is 0.333. The zero-order valence-electron chi connectivity index (χ0n) is 17.0. The minimum absolute atomic E-state index is 0.237. The lowest BCUT2D eigenvalue weighted by atomic mass is 9.72. The standard InChI is InChI=1S/C24H28F3N/c1-7-18-9-8-10-21(15-18)23(6,28-17(4)5)22(16(2)3)19-11-13-20(14-12-19)24(25,26)27/h8-15,22,28H,2,4,7H2,1,3,5-6H3/t22-,23-/m1/s1. The fourth-order valence-corrected chi connectivity index (χ4v) is 3.84. The number of rotatable bonds is 7. The number of aryl methyl sites for hydroxylation is 1. The van der Waals surface area contributed by atoms with E-state index in [4.69, 9.17) is 0 Å². The van der Waals surface area contributed by atoms with Gasteiger partial charge in [-0.1, -0.05) is 62.1 Å². The Balaban J connectivity index is 2.62. The van der Waals surface area contributed by atoms with Crippen molar-refractivity contribution in [3.8, 4) is 0 Å². The lowest BCUT2D eigenvalue weighted by Crippen LogP contribution is -2.44. The van der Waals surface area contributed by atoms with Crippen LogP contribution >= 0.6 is 0 Å². The Morgan fingerprint density at radius 2 is 1.61 bits per heavy atom. The predicted octanol–water partition coefficient (Wildman–Crippen LogP) is 6.97. The van der Waals surface area contributed by atoms with Crippen molar-refractivity contribution in [1.29, 1.82) is 0 Å². The minimum atomic E-state index is -4.36. The Bertz CT molecular complexity index is 849. The molecular weight excluding hydrogens is 359 g/mol. The molecule has 0 unspecified atom stereocenters. The number of hydrogen-bond acceptors (Lipinski definition) is 1. The van der Waals surface area contributed by atoms with Crippen LogP contribution in [0.5, 0.6) is 0 Å². The lowest BCUT2D eigenvalue weighted by molar-refractivity contribution is -0.137. The molecule has 0 fully saturated rings. The molecular formula is C24H28F3N. The normalized spacial score (nSPS) is 14.8. The quantitative estimate of drug-likeness (QED) is 0.506. The molecule has 1 N–H and O–H groups in total. The van der Waals surface area contributed by atoms with Crippen LogP contribution in [0.1, 0.15) is 55.9 Å². The zero-order chi connectivity index (χ0) is 21.1. The first-order chi connectivity index (χ1) is 13.0. The van der Waals surface area contributed by atoms with Crippen LogP contribution in [0.15, 0.2) is 73.0 Å². The average molecular weight is 387 g/mol. The average Bonchev–Trinajstić information content (AvgIpc) is 2.60. The molecule has 28 heavy (non-hydrogen) atoms. The third-order valence-corrected chi connectivity index (χ3v) is 5.05. The predicted molar refractivity (Wildman–Crippen MR) is 110 cm³/mol. The van der Waals surface area contributed by atoms with Crippen molar-refractivity contribution in [2.45, 2.75) is 51.7 Å². The van der Waals surface area contributed by atoms with Gasteiger partial charge in [0.2, 0.25) is 0 Å². The van der Waals surface area contributed by atoms with E-state index in [1.54, 1.807) is 12.1 Å². The van der Waals surface area contributed by atoms with Gasteiger partial charge < -0.3 is 5.32 Å². The summed E-state index contributed by atoms with van der Waals surface area (Å²) in [5.74, 6) is -0.237. The van der Waals surface area contributed by atoms with E-state index in [0.29, 0.717) is 0 Å². The number of alkyl halides is 3. The van der Waals surface area contributed by atoms with Gasteiger partial charge in [-0.25, -0.2) is 0 Å². The van der Waals surface area contributed by atoms with Crippen molar-refractivity contribution in [1.82, 2.24) is 5.32 Å². The van der Waals surface area contributed by atoms with Gasteiger partial charge >= 0.3 is 6.18 Å². The molecule has 0 spiro atoms. The molecule has 0 heterocycles. The third kappa shape index (κ3) is 4.67. The third-order valence-electron chi connectivity index (χ3n) is 5.05. The second-order valence-corrected chi connectivity index (χ2v) is 7.56. The minimum Gasteiger partial charge on any atom is -0.379 e. The number of benzene rings is 2. The molecule has 0 bridgehead atoms. The van der Waals surface area contributed by atoms with Gasteiger partial charge in [0.1, 0.15) is 0 Å². The van der Waals surface area contributed by atoms with Gasteiger partial charge in [0.15, 0.2) is 0 Å². The van der Waals surface area contributed by atoms with Crippen molar-refractivity contribution in [2.24, 2.45) is 0 Å². The summed E-state index contributed by atoms with van der Waals surface area (Å²) in [5.41, 5.74) is 3.39. The number of hydrogen-bond donors (Lipinski definition) is 1. The van der Waals surface area contributed by atoms with E-state index in [0.717, 1.165) is 41.0 Å². The molecule has 2 atom stereocenters. The van der Waals surface area contributed by atoms with E-state index >= 15 is 0 Å². The highest BCUT2D eigenvalue weighted by Gasteiger charge is 2.38. The smallest absolute Gasteiger partial charge is 0.379 e. The van der Waals surface area contributed by atoms with Crippen molar-refractivity contribution in [3.05, 3.63) is 95.2 Å². The molecule has 0 aliphatic heterocycles. The highest BCUT2D eigenvalue weighted by Crippen LogP contribution is 2.42. The Kier molecular flexibility index (Phi) is 6.43. The molecule has 4 heteroatoms. The molecule has 150 valence electrons. The summed E-state index contributed by atoms with van der Waals surface area (Å²) in [7, 11) is 0. The molecule has 0 saturated carbocycles. The van der Waals surface area contributed by atoms with Crippen LogP contribution in [0.2, 0.25) is 0 Å². The molecule has 0 aliphatic carbocycles. The Labute approximate surface area is 166 Å². The van der Waals surface area contributed by atoms with Gasteiger partial charge in [-0.05, 0) is 56.0 Å². The van der Waals surface area contributed by atoms with Crippen LogP contribution in [0, 0.1) is 0 Å². The van der Waals surface area contributed by atoms with Crippen LogP contribution in [-0.2, 0) is 18.1 Å². The molecule has 2 rings (SSSR count). The van der Waals surface area contributed by atoms with Crippen molar-refractivity contribution in [2.75, 3.05) is 0 Å². The van der Waals surface area contributed by atoms with Crippen LogP contribution in [0.4, 0.5) is 13.2 Å². The second kappa shape index (κ2) is 8.26. The second-order valence-electron chi connectivity index (χ2n) is 7.56. The summed E-state index contributed by atoms with van der Waals surface area (Å²) in [6.45, 7) is 16.1. The first kappa shape index (κ1) is 21.8. The van der Waals surface area contributed by atoms with Crippen molar-refractivity contribution < 1.29 is 13.2 Å². The summed E-state index contributed by atoms with van der Waals surface area (Å²) in [4.78, 5) is 0. The Morgan fingerprint density at radius 3 is 2.07 bits per heavy atom. The van der Waals surface area contributed by atoms with Gasteiger partial charge in [0, 0.05) is 11.6 Å². The number of halogens is 3. The SMILES string of the molecule is C=C(C)N[C@](C)(c1cccc(CC)c1)[C@H](C(=C)C)c1ccc(C(F)(F)F)cc1. The highest BCUT2D eigenvalue weighted by atomic mass is 19.4. The summed E-state index contributed by atoms with van der Waals surface area (Å²) in [6, 6.07) is 13.6. The summed E-state index contributed by atoms with van der Waals surface area (Å²) < 4.78 is 39.0. The van der Waals surface area contributed by atoms with Crippen LogP contribution in [0.25, 0.3) is 0 Å². The van der Waals surface area contributed by atoms with Crippen LogP contribution in [0.3, 0.4) is 0 Å². The van der Waals surface area contributed by atoms with Gasteiger partial charge in [0.25, 0.3) is 0 Å². The largest absolute Gasteiger partial charge is 0.416 e. The maximum Gasteiger partial charge on any atom is 0.416 e. The van der Waals surface area contributed by atoms with E-state index in [1.165, 1.54) is 5.56 Å². The Hall–Kier alpha value is -2.49. The molecule has 0 saturated heterocycles. The maximum atomic E-state index is 13.0. The van der Waals surface area contributed by atoms with Crippen LogP contribution < -0.4 is 5.32 Å². The zero-order valence-corrected chi connectivity index (χ0v) is 17.0. The first-order valence-electron chi connectivity index (χ1n) is 9.34. The van der Waals surface area contributed by atoms with E-state index in [2.05, 4.69) is 37.5 Å². The summed E-state index contributed by atoms with van der Waals surface area (Å²) >= 11 is 0. The monoisotopic (exact) mass is 387 g/mol. The van der Waals surface area contributed by atoms with E-state index < -0.39 is 17.3 Å². The maximum absolute atomic E-state index is 13.0. The Morgan fingerprint density at radius 1 is 1.00 bits per heavy atom. The highest BCUT2D eigenvalue weighted by molar-refractivity contribution is 5.41.